The van der Waals surface area contributed by atoms with Crippen LogP contribution in [0.5, 0.6) is 0 Å². The van der Waals surface area contributed by atoms with E-state index in [9.17, 15) is 0 Å². The first-order valence-electron chi connectivity index (χ1n) is 6.76. The van der Waals surface area contributed by atoms with Crippen molar-refractivity contribution in [2.75, 3.05) is 0 Å². The van der Waals surface area contributed by atoms with Gasteiger partial charge in [-0.2, -0.15) is 0 Å². The Labute approximate surface area is 109 Å². The third kappa shape index (κ3) is 3.78. The van der Waals surface area contributed by atoms with Gasteiger partial charge in [-0.15, -0.1) is 11.3 Å². The minimum Gasteiger partial charge on any atom is -0.309 e. The Balaban J connectivity index is 1.75. The molecule has 0 saturated heterocycles. The molecule has 0 spiro atoms. The van der Waals surface area contributed by atoms with E-state index in [1.807, 2.05) is 17.5 Å². The van der Waals surface area contributed by atoms with Gasteiger partial charge in [0.1, 0.15) is 0 Å². The molecule has 0 aromatic carbocycles. The molecule has 0 atom stereocenters. The highest BCUT2D eigenvalue weighted by atomic mass is 32.1. The summed E-state index contributed by atoms with van der Waals surface area (Å²) in [5.74, 6) is 0. The molecule has 1 saturated carbocycles. The largest absolute Gasteiger partial charge is 0.309 e. The van der Waals surface area contributed by atoms with E-state index in [1.165, 1.54) is 35.6 Å². The summed E-state index contributed by atoms with van der Waals surface area (Å²) < 4.78 is 0. The van der Waals surface area contributed by atoms with Crippen LogP contribution in [0, 0.1) is 5.41 Å². The minimum absolute atomic E-state index is 0.568. The van der Waals surface area contributed by atoms with Gasteiger partial charge < -0.3 is 5.32 Å². The van der Waals surface area contributed by atoms with Crippen LogP contribution >= 0.6 is 11.3 Å². The van der Waals surface area contributed by atoms with Gasteiger partial charge in [-0.05, 0) is 37.5 Å². The van der Waals surface area contributed by atoms with Gasteiger partial charge in [-0.25, -0.2) is 4.98 Å². The van der Waals surface area contributed by atoms with Crippen LogP contribution in [0.25, 0.3) is 0 Å². The average Bonchev–Trinajstić information content (AvgIpc) is 2.75. The van der Waals surface area contributed by atoms with Gasteiger partial charge >= 0.3 is 0 Å². The van der Waals surface area contributed by atoms with Crippen molar-refractivity contribution in [3.63, 3.8) is 0 Å². The highest BCUT2D eigenvalue weighted by Gasteiger charge is 2.26. The highest BCUT2D eigenvalue weighted by Crippen LogP contribution is 2.35. The van der Waals surface area contributed by atoms with E-state index in [0.29, 0.717) is 5.41 Å². The summed E-state index contributed by atoms with van der Waals surface area (Å²) in [6.45, 7) is 7.95. The van der Waals surface area contributed by atoms with Crippen molar-refractivity contribution in [1.82, 2.24) is 10.3 Å². The quantitative estimate of drug-likeness (QED) is 0.882. The Bertz CT molecular complexity index is 347. The van der Waals surface area contributed by atoms with Crippen molar-refractivity contribution in [3.8, 4) is 0 Å². The second-order valence-electron chi connectivity index (χ2n) is 5.89. The van der Waals surface area contributed by atoms with Crippen molar-refractivity contribution in [1.29, 1.82) is 0 Å². The van der Waals surface area contributed by atoms with Crippen LogP contribution in [-0.4, -0.2) is 11.0 Å². The van der Waals surface area contributed by atoms with E-state index in [4.69, 9.17) is 0 Å². The van der Waals surface area contributed by atoms with Crippen molar-refractivity contribution >= 4 is 11.3 Å². The molecule has 2 nitrogen and oxygen atoms in total. The number of rotatable bonds is 4. The zero-order valence-electron chi connectivity index (χ0n) is 11.3. The molecule has 1 fully saturated rings. The maximum Gasteiger partial charge on any atom is 0.0925 e. The number of aryl methyl sites for hydroxylation is 1. The fourth-order valence-electron chi connectivity index (χ4n) is 2.44. The molecule has 0 aliphatic heterocycles. The van der Waals surface area contributed by atoms with E-state index in [1.54, 1.807) is 0 Å². The lowest BCUT2D eigenvalue weighted by Gasteiger charge is -2.34. The zero-order chi connectivity index (χ0) is 12.3. The standard InChI is InChI=1S/C14H24N2S/c1-4-13-16-10-12(17-13)9-15-11-5-7-14(2,3)8-6-11/h10-11,15H,4-9H2,1-3H3. The molecule has 96 valence electrons. The Morgan fingerprint density at radius 1 is 1.41 bits per heavy atom. The molecule has 0 unspecified atom stereocenters. The van der Waals surface area contributed by atoms with Gasteiger partial charge in [0.25, 0.3) is 0 Å². The minimum atomic E-state index is 0.568. The van der Waals surface area contributed by atoms with Gasteiger partial charge in [-0.1, -0.05) is 20.8 Å². The summed E-state index contributed by atoms with van der Waals surface area (Å²) in [4.78, 5) is 5.78. The van der Waals surface area contributed by atoms with Crippen LogP contribution in [0.4, 0.5) is 0 Å². The molecule has 17 heavy (non-hydrogen) atoms. The predicted octanol–water partition coefficient (Wildman–Crippen LogP) is 3.76. The molecule has 1 heterocycles. The van der Waals surface area contributed by atoms with Crippen molar-refractivity contribution in [3.05, 3.63) is 16.1 Å². The first-order chi connectivity index (χ1) is 8.09. The van der Waals surface area contributed by atoms with Crippen LogP contribution in [0.3, 0.4) is 0 Å². The van der Waals surface area contributed by atoms with Crippen molar-refractivity contribution < 1.29 is 0 Å². The number of hydrogen-bond donors (Lipinski definition) is 1. The number of aromatic nitrogens is 1. The molecule has 3 heteroatoms. The summed E-state index contributed by atoms with van der Waals surface area (Å²) in [6, 6.07) is 0.718. The predicted molar refractivity (Wildman–Crippen MR) is 74.4 cm³/mol. The van der Waals surface area contributed by atoms with Gasteiger partial charge in [0.15, 0.2) is 0 Å². The van der Waals surface area contributed by atoms with E-state index >= 15 is 0 Å². The highest BCUT2D eigenvalue weighted by molar-refractivity contribution is 7.11. The van der Waals surface area contributed by atoms with Crippen molar-refractivity contribution in [2.24, 2.45) is 5.41 Å². The van der Waals surface area contributed by atoms with Crippen molar-refractivity contribution in [2.45, 2.75) is 65.5 Å². The van der Waals surface area contributed by atoms with E-state index < -0.39 is 0 Å². The second-order valence-corrected chi connectivity index (χ2v) is 7.09. The van der Waals surface area contributed by atoms with E-state index in [0.717, 1.165) is 19.0 Å². The van der Waals surface area contributed by atoms with Crippen LogP contribution in [0.15, 0.2) is 6.20 Å². The molecule has 1 aromatic heterocycles. The normalized spacial score (nSPS) is 20.6. The summed E-state index contributed by atoms with van der Waals surface area (Å²) in [5, 5.41) is 4.94. The number of hydrogen-bond acceptors (Lipinski definition) is 3. The third-order valence-corrected chi connectivity index (χ3v) is 4.95. The Kier molecular flexibility index (Phi) is 4.21. The molecular formula is C14H24N2S. The summed E-state index contributed by atoms with van der Waals surface area (Å²) in [5.41, 5.74) is 0.568. The lowest BCUT2D eigenvalue weighted by Crippen LogP contribution is -2.34. The zero-order valence-corrected chi connectivity index (χ0v) is 12.1. The molecule has 0 bridgehead atoms. The lowest BCUT2D eigenvalue weighted by atomic mass is 9.75. The van der Waals surface area contributed by atoms with Gasteiger partial charge in [0, 0.05) is 23.7 Å². The first kappa shape index (κ1) is 13.0. The van der Waals surface area contributed by atoms with E-state index in [2.05, 4.69) is 31.1 Å². The van der Waals surface area contributed by atoms with Crippen LogP contribution in [0.2, 0.25) is 0 Å². The Morgan fingerprint density at radius 2 is 2.12 bits per heavy atom. The first-order valence-corrected chi connectivity index (χ1v) is 7.58. The lowest BCUT2D eigenvalue weighted by molar-refractivity contribution is 0.206. The molecule has 2 rings (SSSR count). The second kappa shape index (κ2) is 5.49. The average molecular weight is 252 g/mol. The van der Waals surface area contributed by atoms with Crippen LogP contribution in [0.1, 0.15) is 56.3 Å². The van der Waals surface area contributed by atoms with Gasteiger partial charge in [0.05, 0.1) is 5.01 Å². The van der Waals surface area contributed by atoms with Gasteiger partial charge in [-0.3, -0.25) is 0 Å². The number of nitrogens with zero attached hydrogens (tertiary/aromatic N) is 1. The molecule has 0 radical (unpaired) electrons. The van der Waals surface area contributed by atoms with Gasteiger partial charge in [0.2, 0.25) is 0 Å². The summed E-state index contributed by atoms with van der Waals surface area (Å²) >= 11 is 1.85. The molecule has 1 aromatic rings. The monoisotopic (exact) mass is 252 g/mol. The molecule has 0 amide bonds. The topological polar surface area (TPSA) is 24.9 Å². The number of thiazole rings is 1. The number of nitrogens with one attached hydrogen (secondary N) is 1. The fourth-order valence-corrected chi connectivity index (χ4v) is 3.25. The Morgan fingerprint density at radius 3 is 2.71 bits per heavy atom. The van der Waals surface area contributed by atoms with E-state index in [-0.39, 0.29) is 0 Å². The maximum absolute atomic E-state index is 4.40. The smallest absolute Gasteiger partial charge is 0.0925 e. The molecular weight excluding hydrogens is 228 g/mol. The molecule has 1 aliphatic carbocycles. The third-order valence-electron chi connectivity index (χ3n) is 3.81. The van der Waals surface area contributed by atoms with Crippen LogP contribution in [-0.2, 0) is 13.0 Å². The van der Waals surface area contributed by atoms with Crippen LogP contribution < -0.4 is 5.32 Å². The molecule has 1 N–H and O–H groups in total. The fraction of sp³-hybridized carbons (Fsp3) is 0.786. The maximum atomic E-state index is 4.40. The Hall–Kier alpha value is -0.410. The molecule has 1 aliphatic rings. The summed E-state index contributed by atoms with van der Waals surface area (Å²) in [6.07, 6.45) is 8.45. The SMILES string of the molecule is CCc1ncc(CNC2CCC(C)(C)CC2)s1. The summed E-state index contributed by atoms with van der Waals surface area (Å²) in [7, 11) is 0.